The van der Waals surface area contributed by atoms with E-state index in [1.54, 1.807) is 18.3 Å². The van der Waals surface area contributed by atoms with Gasteiger partial charge in [0.1, 0.15) is 23.2 Å². The lowest BCUT2D eigenvalue weighted by atomic mass is 9.81. The summed E-state index contributed by atoms with van der Waals surface area (Å²) in [5.74, 6) is 3.81. The number of aryl methyl sites for hydroxylation is 1. The number of aromatic nitrogens is 2. The fourth-order valence-electron chi connectivity index (χ4n) is 4.64. The predicted molar refractivity (Wildman–Crippen MR) is 142 cm³/mol. The van der Waals surface area contributed by atoms with Crippen molar-refractivity contribution in [3.8, 4) is 18.6 Å². The topological polar surface area (TPSA) is 77.4 Å². The van der Waals surface area contributed by atoms with E-state index in [9.17, 15) is 4.79 Å². The van der Waals surface area contributed by atoms with Crippen molar-refractivity contribution in [3.63, 3.8) is 0 Å². The number of hydrazone groups is 1. The maximum atomic E-state index is 13.6. The normalized spacial score (nSPS) is 18.7. The van der Waals surface area contributed by atoms with Crippen LogP contribution < -0.4 is 19.5 Å². The maximum Gasteiger partial charge on any atom is 0.256 e. The molecule has 4 rings (SSSR count). The van der Waals surface area contributed by atoms with Gasteiger partial charge in [-0.05, 0) is 32.4 Å². The van der Waals surface area contributed by atoms with Gasteiger partial charge in [0.25, 0.3) is 5.91 Å². The van der Waals surface area contributed by atoms with Gasteiger partial charge in [-0.1, -0.05) is 0 Å². The molecule has 2 aliphatic heterocycles. The molecule has 0 aliphatic carbocycles. The number of likely N-dealkylation sites (tertiary alicyclic amines) is 1. The van der Waals surface area contributed by atoms with E-state index in [0.717, 1.165) is 49.2 Å². The molecule has 9 heteroatoms. The van der Waals surface area contributed by atoms with Crippen LogP contribution in [0.1, 0.15) is 29.5 Å². The van der Waals surface area contributed by atoms with Crippen molar-refractivity contribution in [1.29, 1.82) is 0 Å². The van der Waals surface area contributed by atoms with E-state index in [-0.39, 0.29) is 11.9 Å². The Morgan fingerprint density at radius 1 is 1.20 bits per heavy atom. The van der Waals surface area contributed by atoms with Crippen molar-refractivity contribution < 1.29 is 9.53 Å². The Morgan fingerprint density at radius 3 is 2.60 bits per heavy atom. The van der Waals surface area contributed by atoms with Crippen LogP contribution in [0.25, 0.3) is 0 Å². The molecular formula is C26H35N7O2. The molecule has 1 aromatic carbocycles. The van der Waals surface area contributed by atoms with E-state index in [0.29, 0.717) is 17.2 Å². The van der Waals surface area contributed by atoms with Crippen LogP contribution in [0.3, 0.4) is 0 Å². The van der Waals surface area contributed by atoms with Crippen LogP contribution in [0, 0.1) is 25.7 Å². The molecule has 2 unspecified atom stereocenters. The number of hydrogen-bond donors (Lipinski definition) is 0. The van der Waals surface area contributed by atoms with Crippen molar-refractivity contribution in [2.75, 3.05) is 62.7 Å². The summed E-state index contributed by atoms with van der Waals surface area (Å²) in [5, 5.41) is 6.05. The Labute approximate surface area is 208 Å². The third-order valence-electron chi connectivity index (χ3n) is 6.48. The van der Waals surface area contributed by atoms with Crippen LogP contribution in [0.5, 0.6) is 5.75 Å². The number of benzene rings is 1. The lowest BCUT2D eigenvalue weighted by molar-refractivity contribution is 0.00785. The summed E-state index contributed by atoms with van der Waals surface area (Å²) < 4.78 is 5.38. The molecule has 186 valence electrons. The van der Waals surface area contributed by atoms with Crippen LogP contribution in [-0.4, -0.2) is 80.9 Å². The number of ether oxygens (including phenoxy) is 1. The summed E-state index contributed by atoms with van der Waals surface area (Å²) >= 11 is 0. The second kappa shape index (κ2) is 11.1. The summed E-state index contributed by atoms with van der Waals surface area (Å²) in [6, 6.07) is 7.72. The van der Waals surface area contributed by atoms with Gasteiger partial charge in [0.15, 0.2) is 0 Å². The Balaban J connectivity index is 0.00000167. The number of terminal acetylenes is 1. The number of nitrogens with zero attached hydrogens (tertiary/aromatic N) is 7. The minimum absolute atomic E-state index is 0.0294. The van der Waals surface area contributed by atoms with Gasteiger partial charge in [0.05, 0.1) is 24.4 Å². The Hall–Kier alpha value is -3.80. The molecule has 1 amide bonds. The number of methoxy groups -OCH3 is 1. The van der Waals surface area contributed by atoms with Crippen molar-refractivity contribution in [3.05, 3.63) is 35.7 Å². The molecule has 35 heavy (non-hydrogen) atoms. The fraction of sp³-hybridized carbons (Fsp3) is 0.462. The number of carbonyl (C=O) groups excluding carboxylic acids is 1. The van der Waals surface area contributed by atoms with E-state index in [1.165, 1.54) is 0 Å². The summed E-state index contributed by atoms with van der Waals surface area (Å²) in [7, 11) is 7.43. The standard InChI is InChI=1S/C24H33N7O2.C2H2/c1-7-25-29(5)20-12-18(33-6)8-9-19(20)24(32)31-14-17-10-11-30(15-21(17)31)23-13-22(28(3)4)26-16(2)27-23;1-2/h7-9,12-13,17,21H,10-11,14-15H2,1-6H3;1-2H/b25-7-;. The lowest BCUT2D eigenvalue weighted by Crippen LogP contribution is -2.65. The van der Waals surface area contributed by atoms with Crippen molar-refractivity contribution in [2.24, 2.45) is 11.0 Å². The molecule has 0 saturated carbocycles. The zero-order valence-corrected chi connectivity index (χ0v) is 21.5. The Kier molecular flexibility index (Phi) is 8.18. The van der Waals surface area contributed by atoms with Crippen LogP contribution in [0.2, 0.25) is 0 Å². The predicted octanol–water partition coefficient (Wildman–Crippen LogP) is 2.90. The fourth-order valence-corrected chi connectivity index (χ4v) is 4.64. The van der Waals surface area contributed by atoms with Gasteiger partial charge < -0.3 is 19.4 Å². The average Bonchev–Trinajstić information content (AvgIpc) is 2.85. The highest BCUT2D eigenvalue weighted by atomic mass is 16.5. The summed E-state index contributed by atoms with van der Waals surface area (Å²) in [6.07, 6.45) is 10.8. The molecule has 2 aliphatic rings. The molecule has 1 aromatic heterocycles. The first-order chi connectivity index (χ1) is 16.8. The van der Waals surface area contributed by atoms with Gasteiger partial charge in [-0.15, -0.1) is 12.8 Å². The second-order valence-electron chi connectivity index (χ2n) is 8.83. The zero-order valence-electron chi connectivity index (χ0n) is 21.5. The smallest absolute Gasteiger partial charge is 0.256 e. The number of anilines is 3. The molecular weight excluding hydrogens is 442 g/mol. The van der Waals surface area contributed by atoms with E-state index < -0.39 is 0 Å². The van der Waals surface area contributed by atoms with Crippen LogP contribution in [-0.2, 0) is 0 Å². The maximum absolute atomic E-state index is 13.6. The summed E-state index contributed by atoms with van der Waals surface area (Å²) in [4.78, 5) is 29.1. The van der Waals surface area contributed by atoms with E-state index >= 15 is 0 Å². The molecule has 0 radical (unpaired) electrons. The number of piperidine rings is 1. The minimum atomic E-state index is 0.0294. The zero-order chi connectivity index (χ0) is 25.7. The van der Waals surface area contributed by atoms with Crippen molar-refractivity contribution in [1.82, 2.24) is 14.9 Å². The second-order valence-corrected chi connectivity index (χ2v) is 8.83. The highest BCUT2D eigenvalue weighted by Crippen LogP contribution is 2.37. The van der Waals surface area contributed by atoms with Gasteiger partial charge in [0, 0.05) is 65.0 Å². The van der Waals surface area contributed by atoms with Gasteiger partial charge in [-0.3, -0.25) is 9.80 Å². The first kappa shape index (κ1) is 25.8. The highest BCUT2D eigenvalue weighted by molar-refractivity contribution is 6.01. The Morgan fingerprint density at radius 2 is 1.94 bits per heavy atom. The van der Waals surface area contributed by atoms with Gasteiger partial charge in [-0.2, -0.15) is 5.10 Å². The van der Waals surface area contributed by atoms with Crippen molar-refractivity contribution in [2.45, 2.75) is 26.3 Å². The van der Waals surface area contributed by atoms with E-state index in [4.69, 9.17) is 4.74 Å². The Bertz CT molecular complexity index is 1100. The molecule has 2 atom stereocenters. The van der Waals surface area contributed by atoms with Gasteiger partial charge >= 0.3 is 0 Å². The molecule has 9 nitrogen and oxygen atoms in total. The minimum Gasteiger partial charge on any atom is -0.497 e. The third-order valence-corrected chi connectivity index (χ3v) is 6.48. The quantitative estimate of drug-likeness (QED) is 0.360. The molecule has 0 bridgehead atoms. The third kappa shape index (κ3) is 5.32. The highest BCUT2D eigenvalue weighted by Gasteiger charge is 2.46. The number of hydrogen-bond acceptors (Lipinski definition) is 8. The average molecular weight is 478 g/mol. The van der Waals surface area contributed by atoms with Crippen molar-refractivity contribution >= 4 is 29.4 Å². The van der Waals surface area contributed by atoms with E-state index in [1.807, 2.05) is 69.1 Å². The van der Waals surface area contributed by atoms with Crippen LogP contribution in [0.4, 0.5) is 17.3 Å². The monoisotopic (exact) mass is 477 g/mol. The van der Waals surface area contributed by atoms with Crippen LogP contribution in [0.15, 0.2) is 29.4 Å². The van der Waals surface area contributed by atoms with Crippen LogP contribution >= 0.6 is 0 Å². The lowest BCUT2D eigenvalue weighted by Gasteiger charge is -2.53. The summed E-state index contributed by atoms with van der Waals surface area (Å²) in [6.45, 7) is 6.27. The van der Waals surface area contributed by atoms with Gasteiger partial charge in [-0.25, -0.2) is 9.97 Å². The first-order valence-corrected chi connectivity index (χ1v) is 11.6. The van der Waals surface area contributed by atoms with Gasteiger partial charge in [0.2, 0.25) is 0 Å². The molecule has 3 heterocycles. The number of amides is 1. The largest absolute Gasteiger partial charge is 0.497 e. The molecule has 0 spiro atoms. The molecule has 2 fully saturated rings. The number of carbonyl (C=O) groups is 1. The molecule has 2 saturated heterocycles. The first-order valence-electron chi connectivity index (χ1n) is 11.6. The molecule has 2 aromatic rings. The van der Waals surface area contributed by atoms with E-state index in [2.05, 4.69) is 32.8 Å². The molecule has 0 N–H and O–H groups in total. The number of fused-ring (bicyclic) bond motifs is 1. The number of rotatable bonds is 6. The SMILES string of the molecule is C#C.C/C=N\N(C)c1cc(OC)ccc1C(=O)N1CC2CCN(c3cc(N(C)C)nc(C)n3)CC21. The summed E-state index contributed by atoms with van der Waals surface area (Å²) in [5.41, 5.74) is 1.36.